The van der Waals surface area contributed by atoms with E-state index in [2.05, 4.69) is 22.9 Å². The van der Waals surface area contributed by atoms with E-state index in [1.165, 1.54) is 0 Å². The molecule has 5 heteroatoms. The molecule has 0 aromatic heterocycles. The molecule has 0 spiro atoms. The standard InChI is InChI=1S/C14H18BrNO3/c1-9-5-6-16(13(9)8-17)14(18)11-7-10(19-2)3-4-12(11)15/h3-4,7,9,13,17H,5-6,8H2,1-2H3. The number of methoxy groups -OCH3 is 1. The van der Waals surface area contributed by atoms with Gasteiger partial charge in [0.15, 0.2) is 0 Å². The fourth-order valence-corrected chi connectivity index (χ4v) is 2.90. The molecule has 2 rings (SSSR count). The Morgan fingerprint density at radius 3 is 2.95 bits per heavy atom. The highest BCUT2D eigenvalue weighted by atomic mass is 79.9. The molecule has 1 saturated heterocycles. The monoisotopic (exact) mass is 327 g/mol. The van der Waals surface area contributed by atoms with Gasteiger partial charge >= 0.3 is 0 Å². The number of carbonyl (C=O) groups excluding carboxylic acids is 1. The minimum atomic E-state index is -0.0920. The van der Waals surface area contributed by atoms with Crippen LogP contribution in [0.1, 0.15) is 23.7 Å². The Bertz CT molecular complexity index is 478. The molecule has 1 aliphatic rings. The van der Waals surface area contributed by atoms with Gasteiger partial charge in [0.1, 0.15) is 5.75 Å². The Kier molecular flexibility index (Phi) is 4.47. The molecule has 19 heavy (non-hydrogen) atoms. The molecule has 0 aliphatic carbocycles. The van der Waals surface area contributed by atoms with Gasteiger partial charge in [-0.25, -0.2) is 0 Å². The summed E-state index contributed by atoms with van der Waals surface area (Å²) in [5.74, 6) is 0.923. The van der Waals surface area contributed by atoms with Crippen molar-refractivity contribution in [3.8, 4) is 5.75 Å². The van der Waals surface area contributed by atoms with Gasteiger partial charge in [0.05, 0.1) is 25.3 Å². The van der Waals surface area contributed by atoms with E-state index in [1.54, 1.807) is 30.2 Å². The first-order chi connectivity index (χ1) is 9.08. The lowest BCUT2D eigenvalue weighted by Gasteiger charge is -2.25. The Hall–Kier alpha value is -1.07. The van der Waals surface area contributed by atoms with Crippen molar-refractivity contribution >= 4 is 21.8 Å². The number of rotatable bonds is 3. The van der Waals surface area contributed by atoms with E-state index < -0.39 is 0 Å². The Labute approximate surface area is 121 Å². The van der Waals surface area contributed by atoms with Crippen molar-refractivity contribution in [1.82, 2.24) is 4.90 Å². The maximum atomic E-state index is 12.6. The van der Waals surface area contributed by atoms with Crippen LogP contribution in [0.5, 0.6) is 5.75 Å². The van der Waals surface area contributed by atoms with E-state index in [4.69, 9.17) is 4.74 Å². The summed E-state index contributed by atoms with van der Waals surface area (Å²) in [5.41, 5.74) is 0.576. The highest BCUT2D eigenvalue weighted by Crippen LogP contribution is 2.29. The van der Waals surface area contributed by atoms with Gasteiger partial charge in [0.2, 0.25) is 0 Å². The molecule has 2 unspecified atom stereocenters. The van der Waals surface area contributed by atoms with E-state index in [9.17, 15) is 9.90 Å². The van der Waals surface area contributed by atoms with Crippen LogP contribution in [0.25, 0.3) is 0 Å². The van der Waals surface area contributed by atoms with Crippen molar-refractivity contribution < 1.29 is 14.6 Å². The van der Waals surface area contributed by atoms with Crippen LogP contribution in [0.4, 0.5) is 0 Å². The van der Waals surface area contributed by atoms with Crippen LogP contribution in [-0.4, -0.2) is 42.2 Å². The normalized spacial score (nSPS) is 22.6. The lowest BCUT2D eigenvalue weighted by Crippen LogP contribution is -2.39. The van der Waals surface area contributed by atoms with E-state index >= 15 is 0 Å². The Morgan fingerprint density at radius 2 is 2.32 bits per heavy atom. The Balaban J connectivity index is 2.29. The van der Waals surface area contributed by atoms with Gasteiger partial charge in [-0.3, -0.25) is 4.79 Å². The zero-order chi connectivity index (χ0) is 14.0. The first-order valence-corrected chi connectivity index (χ1v) is 7.13. The summed E-state index contributed by atoms with van der Waals surface area (Å²) in [4.78, 5) is 14.3. The number of likely N-dealkylation sites (tertiary alicyclic amines) is 1. The van der Waals surface area contributed by atoms with Crippen molar-refractivity contribution in [3.05, 3.63) is 28.2 Å². The zero-order valence-electron chi connectivity index (χ0n) is 11.1. The number of hydrogen-bond acceptors (Lipinski definition) is 3. The van der Waals surface area contributed by atoms with Gasteiger partial charge in [0.25, 0.3) is 5.91 Å². The van der Waals surface area contributed by atoms with Gasteiger partial charge in [-0.05, 0) is 46.5 Å². The molecule has 1 N–H and O–H groups in total. The fourth-order valence-electron chi connectivity index (χ4n) is 2.49. The molecule has 1 fully saturated rings. The maximum absolute atomic E-state index is 12.6. The molecule has 104 valence electrons. The third-order valence-electron chi connectivity index (χ3n) is 3.73. The van der Waals surface area contributed by atoms with Crippen LogP contribution in [0, 0.1) is 5.92 Å². The molecular weight excluding hydrogens is 310 g/mol. The number of amides is 1. The number of ether oxygens (including phenoxy) is 1. The van der Waals surface area contributed by atoms with Crippen LogP contribution in [0.2, 0.25) is 0 Å². The molecule has 1 aromatic carbocycles. The molecular formula is C14H18BrNO3. The van der Waals surface area contributed by atoms with Crippen molar-refractivity contribution in [3.63, 3.8) is 0 Å². The number of benzene rings is 1. The highest BCUT2D eigenvalue weighted by molar-refractivity contribution is 9.10. The highest BCUT2D eigenvalue weighted by Gasteiger charge is 2.34. The molecule has 0 radical (unpaired) electrons. The SMILES string of the molecule is COc1ccc(Br)c(C(=O)N2CCC(C)C2CO)c1. The molecule has 0 bridgehead atoms. The lowest BCUT2D eigenvalue weighted by atomic mass is 10.0. The van der Waals surface area contributed by atoms with Crippen LogP contribution in [-0.2, 0) is 0 Å². The summed E-state index contributed by atoms with van der Waals surface area (Å²) in [6, 6.07) is 5.24. The van der Waals surface area contributed by atoms with Crippen molar-refractivity contribution in [1.29, 1.82) is 0 Å². The number of halogens is 1. The van der Waals surface area contributed by atoms with Crippen molar-refractivity contribution in [2.75, 3.05) is 20.3 Å². The van der Waals surface area contributed by atoms with Gasteiger partial charge in [0, 0.05) is 11.0 Å². The summed E-state index contributed by atoms with van der Waals surface area (Å²) in [6.07, 6.45) is 0.929. The first-order valence-electron chi connectivity index (χ1n) is 6.33. The average molecular weight is 328 g/mol. The quantitative estimate of drug-likeness (QED) is 0.926. The summed E-state index contributed by atoms with van der Waals surface area (Å²) >= 11 is 3.40. The van der Waals surface area contributed by atoms with Crippen molar-refractivity contribution in [2.45, 2.75) is 19.4 Å². The maximum Gasteiger partial charge on any atom is 0.255 e. The molecule has 1 heterocycles. The van der Waals surface area contributed by atoms with Gasteiger partial charge in [-0.1, -0.05) is 6.92 Å². The van der Waals surface area contributed by atoms with Crippen LogP contribution >= 0.6 is 15.9 Å². The zero-order valence-corrected chi connectivity index (χ0v) is 12.7. The predicted octanol–water partition coefficient (Wildman–Crippen LogP) is 2.30. The average Bonchev–Trinajstić information content (AvgIpc) is 2.79. The Morgan fingerprint density at radius 1 is 1.58 bits per heavy atom. The number of aliphatic hydroxyl groups is 1. The van der Waals surface area contributed by atoms with Crippen LogP contribution in [0.15, 0.2) is 22.7 Å². The lowest BCUT2D eigenvalue weighted by molar-refractivity contribution is 0.0647. The third-order valence-corrected chi connectivity index (χ3v) is 4.43. The summed E-state index contributed by atoms with van der Waals surface area (Å²) in [7, 11) is 1.58. The van der Waals surface area contributed by atoms with Crippen LogP contribution in [0.3, 0.4) is 0 Å². The number of nitrogens with zero attached hydrogens (tertiary/aromatic N) is 1. The first kappa shape index (κ1) is 14.3. The molecule has 4 nitrogen and oxygen atoms in total. The smallest absolute Gasteiger partial charge is 0.255 e. The van der Waals surface area contributed by atoms with E-state index in [1.807, 2.05) is 0 Å². The second-order valence-corrected chi connectivity index (χ2v) is 5.71. The van der Waals surface area contributed by atoms with Gasteiger partial charge < -0.3 is 14.7 Å². The van der Waals surface area contributed by atoms with E-state index in [-0.39, 0.29) is 18.6 Å². The van der Waals surface area contributed by atoms with E-state index in [0.29, 0.717) is 23.8 Å². The molecule has 1 amide bonds. The van der Waals surface area contributed by atoms with Crippen LogP contribution < -0.4 is 4.74 Å². The van der Waals surface area contributed by atoms with Gasteiger partial charge in [-0.15, -0.1) is 0 Å². The summed E-state index contributed by atoms with van der Waals surface area (Å²) < 4.78 is 5.90. The van der Waals surface area contributed by atoms with E-state index in [0.717, 1.165) is 10.9 Å². The molecule has 0 saturated carbocycles. The predicted molar refractivity (Wildman–Crippen MR) is 76.4 cm³/mol. The summed E-state index contributed by atoms with van der Waals surface area (Å²) in [6.45, 7) is 2.76. The summed E-state index contributed by atoms with van der Waals surface area (Å²) in [5, 5.41) is 9.44. The number of hydrogen-bond donors (Lipinski definition) is 1. The molecule has 2 atom stereocenters. The number of aliphatic hydroxyl groups excluding tert-OH is 1. The molecule has 1 aromatic rings. The molecule has 1 aliphatic heterocycles. The third kappa shape index (κ3) is 2.77. The minimum absolute atomic E-state index is 0.00843. The minimum Gasteiger partial charge on any atom is -0.497 e. The fraction of sp³-hybridized carbons (Fsp3) is 0.500. The largest absolute Gasteiger partial charge is 0.497 e. The van der Waals surface area contributed by atoms with Gasteiger partial charge in [-0.2, -0.15) is 0 Å². The number of carbonyl (C=O) groups is 1. The second kappa shape index (κ2) is 5.92. The topological polar surface area (TPSA) is 49.8 Å². The second-order valence-electron chi connectivity index (χ2n) is 4.86. The van der Waals surface area contributed by atoms with Crippen molar-refractivity contribution in [2.24, 2.45) is 5.92 Å².